The number of amides is 3. The molecule has 2 aromatic carbocycles. The summed E-state index contributed by atoms with van der Waals surface area (Å²) < 4.78 is 49.0. The van der Waals surface area contributed by atoms with E-state index in [0.29, 0.717) is 55.7 Å². The molecule has 3 heterocycles. The molecule has 2 fully saturated rings. The van der Waals surface area contributed by atoms with E-state index in [2.05, 4.69) is 46.5 Å². The van der Waals surface area contributed by atoms with Gasteiger partial charge >= 0.3 is 30.0 Å². The zero-order valence-corrected chi connectivity index (χ0v) is 30.0. The van der Waals surface area contributed by atoms with Crippen LogP contribution in [0.3, 0.4) is 0 Å². The first-order chi connectivity index (χ1) is 26.7. The highest BCUT2D eigenvalue weighted by Gasteiger charge is 2.45. The van der Waals surface area contributed by atoms with Crippen LogP contribution in [0, 0.1) is 0 Å². The van der Waals surface area contributed by atoms with Crippen molar-refractivity contribution in [3.63, 3.8) is 0 Å². The standard InChI is InChI=1S/C35H34ClF3N10O7/c36-22-5-3-21(4-6-22)34(11-12-34)48-32-45-31(46-33(47-32)56-19-35(37,38)39)43-23-7-1-20(2-8-23)27(50)44-25(30(53)54)18-41-28(51)29(52)42-24-9-10-26(40-17-24)49-13-15-55-16-14-49/h1-10,17,25H,11-16,18-19H2,(H,41,51)(H,42,52)(H,44,50)(H,53,54)(H2,43,45,46,47,48)/t25-/m0/s1. The molecule has 21 heteroatoms. The Morgan fingerprint density at radius 1 is 0.911 bits per heavy atom. The topological polar surface area (TPSA) is 222 Å². The van der Waals surface area contributed by atoms with E-state index >= 15 is 0 Å². The molecule has 6 rings (SSSR count). The van der Waals surface area contributed by atoms with E-state index in [-0.39, 0.29) is 23.1 Å². The molecular formula is C35H34ClF3N10O7. The quantitative estimate of drug-likeness (QED) is 0.101. The predicted octanol–water partition coefficient (Wildman–Crippen LogP) is 3.48. The van der Waals surface area contributed by atoms with Gasteiger partial charge in [0.15, 0.2) is 6.61 Å². The molecule has 1 saturated carbocycles. The van der Waals surface area contributed by atoms with Crippen LogP contribution in [-0.2, 0) is 24.7 Å². The first-order valence-electron chi connectivity index (χ1n) is 17.0. The van der Waals surface area contributed by atoms with Crippen LogP contribution in [0.25, 0.3) is 0 Å². The van der Waals surface area contributed by atoms with Crippen LogP contribution in [0.15, 0.2) is 66.9 Å². The number of aliphatic carboxylic acids is 1. The molecule has 2 aliphatic rings. The maximum atomic E-state index is 12.9. The van der Waals surface area contributed by atoms with Crippen molar-refractivity contribution in [3.05, 3.63) is 83.0 Å². The Balaban J connectivity index is 1.04. The highest BCUT2D eigenvalue weighted by molar-refractivity contribution is 6.39. The van der Waals surface area contributed by atoms with Gasteiger partial charge in [0.2, 0.25) is 11.9 Å². The van der Waals surface area contributed by atoms with Crippen LogP contribution in [-0.4, -0.2) is 100 Å². The second-order valence-corrected chi connectivity index (χ2v) is 13.1. The van der Waals surface area contributed by atoms with Gasteiger partial charge in [-0.2, -0.15) is 28.1 Å². The number of anilines is 5. The molecular weight excluding hydrogens is 765 g/mol. The van der Waals surface area contributed by atoms with Gasteiger partial charge in [-0.3, -0.25) is 14.4 Å². The zero-order chi connectivity index (χ0) is 39.9. The van der Waals surface area contributed by atoms with Gasteiger partial charge in [0.1, 0.15) is 11.9 Å². The Bertz CT molecular complexity index is 2050. The monoisotopic (exact) mass is 798 g/mol. The lowest BCUT2D eigenvalue weighted by Gasteiger charge is -2.27. The number of hydrogen-bond acceptors (Lipinski definition) is 13. The van der Waals surface area contributed by atoms with Gasteiger partial charge in [0.25, 0.3) is 5.91 Å². The molecule has 1 atom stereocenters. The average molecular weight is 799 g/mol. The summed E-state index contributed by atoms with van der Waals surface area (Å²) in [5.74, 6) is -4.06. The number of morpholine rings is 1. The van der Waals surface area contributed by atoms with Crippen LogP contribution in [0.2, 0.25) is 5.02 Å². The van der Waals surface area contributed by atoms with Gasteiger partial charge in [0.05, 0.1) is 30.6 Å². The van der Waals surface area contributed by atoms with E-state index in [1.165, 1.54) is 30.5 Å². The smallest absolute Gasteiger partial charge is 0.422 e. The number of carbonyl (C=O) groups is 4. The number of carboxylic acids is 1. The molecule has 1 aliphatic heterocycles. The summed E-state index contributed by atoms with van der Waals surface area (Å²) in [5.41, 5.74) is 0.868. The summed E-state index contributed by atoms with van der Waals surface area (Å²) in [5, 5.41) is 23.1. The Labute approximate surface area is 321 Å². The maximum absolute atomic E-state index is 12.9. The summed E-state index contributed by atoms with van der Waals surface area (Å²) in [6.07, 6.45) is -1.88. The van der Waals surface area contributed by atoms with Crippen molar-refractivity contribution >= 4 is 64.4 Å². The minimum Gasteiger partial charge on any atom is -0.480 e. The number of pyridine rings is 1. The Kier molecular flexibility index (Phi) is 12.0. The third kappa shape index (κ3) is 10.7. The van der Waals surface area contributed by atoms with Gasteiger partial charge < -0.3 is 46.1 Å². The fraction of sp³-hybridized carbons (Fsp3) is 0.314. The second kappa shape index (κ2) is 17.0. The lowest BCUT2D eigenvalue weighted by Crippen LogP contribution is -2.50. The molecule has 17 nitrogen and oxygen atoms in total. The van der Waals surface area contributed by atoms with Gasteiger partial charge in [-0.1, -0.05) is 23.7 Å². The van der Waals surface area contributed by atoms with Crippen molar-refractivity contribution in [3.8, 4) is 6.01 Å². The molecule has 0 radical (unpaired) electrons. The summed E-state index contributed by atoms with van der Waals surface area (Å²) in [7, 11) is 0. The number of halogens is 4. The van der Waals surface area contributed by atoms with Gasteiger partial charge in [-0.15, -0.1) is 0 Å². The minimum atomic E-state index is -4.65. The Morgan fingerprint density at radius 3 is 2.21 bits per heavy atom. The first kappa shape index (κ1) is 39.4. The van der Waals surface area contributed by atoms with Gasteiger partial charge in [0, 0.05) is 35.9 Å². The van der Waals surface area contributed by atoms with Crippen molar-refractivity contribution in [1.29, 1.82) is 0 Å². The number of carboxylic acid groups (broad SMARTS) is 1. The summed E-state index contributed by atoms with van der Waals surface area (Å²) >= 11 is 6.02. The van der Waals surface area contributed by atoms with Crippen molar-refractivity contribution in [2.24, 2.45) is 0 Å². The average Bonchev–Trinajstić information content (AvgIpc) is 3.96. The van der Waals surface area contributed by atoms with Crippen LogP contribution >= 0.6 is 11.6 Å². The predicted molar refractivity (Wildman–Crippen MR) is 195 cm³/mol. The zero-order valence-electron chi connectivity index (χ0n) is 29.2. The summed E-state index contributed by atoms with van der Waals surface area (Å²) in [6.45, 7) is 0.200. The third-order valence-corrected chi connectivity index (χ3v) is 8.75. The number of ether oxygens (including phenoxy) is 2. The molecule has 56 heavy (non-hydrogen) atoms. The lowest BCUT2D eigenvalue weighted by atomic mass is 10.1. The molecule has 1 aliphatic carbocycles. The molecule has 0 unspecified atom stereocenters. The van der Waals surface area contributed by atoms with Gasteiger partial charge in [-0.25, -0.2) is 9.78 Å². The minimum absolute atomic E-state index is 0.0183. The van der Waals surface area contributed by atoms with Crippen LogP contribution < -0.4 is 36.2 Å². The molecule has 0 spiro atoms. The maximum Gasteiger partial charge on any atom is 0.422 e. The molecule has 0 bridgehead atoms. The number of alkyl halides is 3. The number of nitrogens with one attached hydrogen (secondary N) is 5. The molecule has 4 aromatic rings. The van der Waals surface area contributed by atoms with Crippen LogP contribution in [0.4, 0.5) is 42.3 Å². The number of aromatic nitrogens is 4. The fourth-order valence-corrected chi connectivity index (χ4v) is 5.58. The fourth-order valence-electron chi connectivity index (χ4n) is 5.45. The molecule has 3 amide bonds. The molecule has 1 saturated heterocycles. The largest absolute Gasteiger partial charge is 0.480 e. The number of carbonyl (C=O) groups excluding carboxylic acids is 3. The molecule has 294 valence electrons. The van der Waals surface area contributed by atoms with Crippen LogP contribution in [0.1, 0.15) is 28.8 Å². The lowest BCUT2D eigenvalue weighted by molar-refractivity contribution is -0.154. The number of benzene rings is 2. The molecule has 6 N–H and O–H groups in total. The SMILES string of the molecule is O=C(NC[C@H](NC(=O)c1ccc(Nc2nc(NC3(c4ccc(Cl)cc4)CC3)nc(OCC(F)(F)F)n2)cc1)C(=O)O)C(=O)Nc1ccc(N2CCOCC2)nc1. The van der Waals surface area contributed by atoms with Crippen molar-refractivity contribution in [2.45, 2.75) is 30.6 Å². The van der Waals surface area contributed by atoms with Gasteiger partial charge in [-0.05, 0) is 66.9 Å². The summed E-state index contributed by atoms with van der Waals surface area (Å²) in [6, 6.07) is 13.6. The highest BCUT2D eigenvalue weighted by Crippen LogP contribution is 2.48. The summed E-state index contributed by atoms with van der Waals surface area (Å²) in [4.78, 5) is 68.3. The van der Waals surface area contributed by atoms with E-state index in [9.17, 15) is 37.5 Å². The van der Waals surface area contributed by atoms with E-state index < -0.39 is 60.6 Å². The number of hydrogen-bond donors (Lipinski definition) is 6. The second-order valence-electron chi connectivity index (χ2n) is 12.6. The van der Waals surface area contributed by atoms with E-state index in [1.54, 1.807) is 24.3 Å². The number of rotatable bonds is 14. The Morgan fingerprint density at radius 2 is 1.59 bits per heavy atom. The highest BCUT2D eigenvalue weighted by atomic mass is 35.5. The van der Waals surface area contributed by atoms with Crippen molar-refractivity contribution in [1.82, 2.24) is 30.6 Å². The third-order valence-electron chi connectivity index (χ3n) is 8.50. The number of nitrogens with zero attached hydrogens (tertiary/aromatic N) is 5. The first-order valence-corrected chi connectivity index (χ1v) is 17.4. The van der Waals surface area contributed by atoms with Crippen LogP contribution in [0.5, 0.6) is 6.01 Å². The van der Waals surface area contributed by atoms with E-state index in [0.717, 1.165) is 5.56 Å². The van der Waals surface area contributed by atoms with Crippen molar-refractivity contribution < 1.29 is 46.9 Å². The van der Waals surface area contributed by atoms with E-state index in [1.807, 2.05) is 17.0 Å². The van der Waals surface area contributed by atoms with E-state index in [4.69, 9.17) is 21.1 Å². The Hall–Kier alpha value is -6.28. The molecule has 2 aromatic heterocycles. The van der Waals surface area contributed by atoms with Crippen molar-refractivity contribution in [2.75, 3.05) is 60.3 Å². The normalized spacial score (nSPS) is 15.2.